The number of rotatable bonds is 10. The van der Waals surface area contributed by atoms with Crippen molar-refractivity contribution in [3.8, 4) is 10.7 Å². The smallest absolute Gasteiger partial charge is 0.251 e. The third-order valence-corrected chi connectivity index (χ3v) is 6.55. The van der Waals surface area contributed by atoms with Gasteiger partial charge in [-0.1, -0.05) is 17.6 Å². The van der Waals surface area contributed by atoms with E-state index in [1.54, 1.807) is 11.3 Å². The lowest BCUT2D eigenvalue weighted by Gasteiger charge is -2.06. The Bertz CT molecular complexity index is 1030. The van der Waals surface area contributed by atoms with Gasteiger partial charge in [0.15, 0.2) is 0 Å². The third kappa shape index (κ3) is 5.72. The zero-order valence-corrected chi connectivity index (χ0v) is 17.6. The van der Waals surface area contributed by atoms with Gasteiger partial charge in [0.05, 0.1) is 9.77 Å². The summed E-state index contributed by atoms with van der Waals surface area (Å²) in [5.74, 6) is 1.01. The summed E-state index contributed by atoms with van der Waals surface area (Å²) < 4.78 is 30.9. The zero-order valence-electron chi connectivity index (χ0n) is 15.9. The lowest BCUT2D eigenvalue weighted by atomic mass is 10.2. The van der Waals surface area contributed by atoms with Crippen molar-refractivity contribution in [3.63, 3.8) is 0 Å². The normalized spacial score (nSPS) is 11.5. The van der Waals surface area contributed by atoms with Crippen molar-refractivity contribution in [1.82, 2.24) is 20.2 Å². The molecule has 2 aromatic heterocycles. The molecule has 0 spiro atoms. The Balaban J connectivity index is 1.36. The molecular weight excluding hydrogens is 412 g/mol. The van der Waals surface area contributed by atoms with Gasteiger partial charge in [0.2, 0.25) is 21.7 Å². The number of unbranched alkanes of at least 4 members (excludes halogenated alkanes) is 2. The fourth-order valence-electron chi connectivity index (χ4n) is 2.65. The van der Waals surface area contributed by atoms with Crippen molar-refractivity contribution in [1.29, 1.82) is 0 Å². The highest BCUT2D eigenvalue weighted by Crippen LogP contribution is 2.21. The van der Waals surface area contributed by atoms with Crippen LogP contribution in [-0.4, -0.2) is 38.1 Å². The highest BCUT2D eigenvalue weighted by Gasteiger charge is 2.12. The van der Waals surface area contributed by atoms with Crippen LogP contribution >= 0.6 is 11.3 Å². The maximum atomic E-state index is 12.1. The molecule has 0 bridgehead atoms. The second-order valence-electron chi connectivity index (χ2n) is 6.29. The third-order valence-electron chi connectivity index (χ3n) is 4.26. The highest BCUT2D eigenvalue weighted by molar-refractivity contribution is 7.89. The van der Waals surface area contributed by atoms with Crippen LogP contribution in [0.15, 0.2) is 51.2 Å². The molecule has 0 aliphatic heterocycles. The summed E-state index contributed by atoms with van der Waals surface area (Å²) in [5.41, 5.74) is 0.423. The van der Waals surface area contributed by atoms with E-state index < -0.39 is 10.0 Å². The molecule has 2 heterocycles. The minimum absolute atomic E-state index is 0.125. The Hall–Kier alpha value is -2.56. The molecule has 0 unspecified atom stereocenters. The number of aryl methyl sites for hydroxylation is 1. The van der Waals surface area contributed by atoms with Crippen molar-refractivity contribution in [2.75, 3.05) is 13.6 Å². The monoisotopic (exact) mass is 434 g/mol. The van der Waals surface area contributed by atoms with Crippen LogP contribution in [0, 0.1) is 0 Å². The van der Waals surface area contributed by atoms with Gasteiger partial charge < -0.3 is 9.84 Å². The second-order valence-corrected chi connectivity index (χ2v) is 9.12. The quantitative estimate of drug-likeness (QED) is 0.474. The number of amides is 1. The van der Waals surface area contributed by atoms with E-state index in [-0.39, 0.29) is 10.8 Å². The Labute approximate surface area is 173 Å². The zero-order chi connectivity index (χ0) is 20.7. The summed E-state index contributed by atoms with van der Waals surface area (Å²) in [6.07, 6.45) is 3.33. The van der Waals surface area contributed by atoms with E-state index in [0.717, 1.165) is 24.1 Å². The molecule has 3 rings (SSSR count). The van der Waals surface area contributed by atoms with E-state index in [2.05, 4.69) is 20.2 Å². The predicted octanol–water partition coefficient (Wildman–Crippen LogP) is 2.85. The average molecular weight is 435 g/mol. The molecule has 10 heteroatoms. The molecule has 0 saturated carbocycles. The summed E-state index contributed by atoms with van der Waals surface area (Å²) in [5, 5.41) is 8.79. The van der Waals surface area contributed by atoms with E-state index >= 15 is 0 Å². The number of benzene rings is 1. The molecule has 1 amide bonds. The number of hydrogen-bond acceptors (Lipinski definition) is 7. The molecule has 154 valence electrons. The summed E-state index contributed by atoms with van der Waals surface area (Å²) in [4.78, 5) is 17.6. The molecule has 29 heavy (non-hydrogen) atoms. The van der Waals surface area contributed by atoms with Crippen LogP contribution in [0.3, 0.4) is 0 Å². The summed E-state index contributed by atoms with van der Waals surface area (Å²) in [6.45, 7) is 0.541. The van der Waals surface area contributed by atoms with Gasteiger partial charge in [0, 0.05) is 18.5 Å². The number of nitrogens with one attached hydrogen (secondary N) is 2. The largest absolute Gasteiger partial charge is 0.352 e. The van der Waals surface area contributed by atoms with Crippen LogP contribution in [0.4, 0.5) is 0 Å². The number of thiophene rings is 1. The number of nitrogens with zero attached hydrogens (tertiary/aromatic N) is 2. The maximum absolute atomic E-state index is 12.1. The molecule has 8 nitrogen and oxygen atoms in total. The molecule has 0 aliphatic carbocycles. The van der Waals surface area contributed by atoms with Crippen molar-refractivity contribution >= 4 is 27.3 Å². The van der Waals surface area contributed by atoms with E-state index in [9.17, 15) is 13.2 Å². The minimum atomic E-state index is -3.50. The Morgan fingerprint density at radius 1 is 1.14 bits per heavy atom. The predicted molar refractivity (Wildman–Crippen MR) is 110 cm³/mol. The Kier molecular flexibility index (Phi) is 7.13. The molecule has 3 aromatic rings. The van der Waals surface area contributed by atoms with Crippen molar-refractivity contribution in [3.05, 3.63) is 53.2 Å². The molecule has 2 N–H and O–H groups in total. The number of carbonyl (C=O) groups is 1. The summed E-state index contributed by atoms with van der Waals surface area (Å²) in [6, 6.07) is 9.73. The fourth-order valence-corrected chi connectivity index (χ4v) is 4.03. The first-order valence-corrected chi connectivity index (χ1v) is 11.5. The number of carbonyl (C=O) groups excluding carboxylic acids is 1. The number of aromatic nitrogens is 2. The Morgan fingerprint density at radius 3 is 2.62 bits per heavy atom. The lowest BCUT2D eigenvalue weighted by Crippen LogP contribution is -2.24. The van der Waals surface area contributed by atoms with Crippen LogP contribution in [0.1, 0.15) is 35.5 Å². The Morgan fingerprint density at radius 2 is 1.93 bits per heavy atom. The molecular formula is C19H22N4O4S2. The van der Waals surface area contributed by atoms with Crippen LogP contribution in [0.25, 0.3) is 10.7 Å². The SMILES string of the molecule is CNS(=O)(=O)c1ccc(C(=O)NCCCCCc2nc(-c3cccs3)no2)cc1. The van der Waals surface area contributed by atoms with Crippen LogP contribution in [-0.2, 0) is 16.4 Å². The summed E-state index contributed by atoms with van der Waals surface area (Å²) in [7, 11) is -2.16. The molecule has 0 radical (unpaired) electrons. The van der Waals surface area contributed by atoms with Crippen LogP contribution in [0.2, 0.25) is 0 Å². The molecule has 0 aliphatic rings. The first-order chi connectivity index (χ1) is 14.0. The van der Waals surface area contributed by atoms with Crippen molar-refractivity contribution < 1.29 is 17.7 Å². The first-order valence-electron chi connectivity index (χ1n) is 9.18. The van der Waals surface area contributed by atoms with Crippen molar-refractivity contribution in [2.24, 2.45) is 0 Å². The van der Waals surface area contributed by atoms with Gasteiger partial charge in [-0.15, -0.1) is 11.3 Å². The average Bonchev–Trinajstić information content (AvgIpc) is 3.42. The van der Waals surface area contributed by atoms with Gasteiger partial charge in [-0.25, -0.2) is 13.1 Å². The highest BCUT2D eigenvalue weighted by atomic mass is 32.2. The molecule has 0 saturated heterocycles. The number of sulfonamides is 1. The van der Waals surface area contributed by atoms with Gasteiger partial charge in [-0.2, -0.15) is 4.98 Å². The minimum Gasteiger partial charge on any atom is -0.352 e. The molecule has 1 aromatic carbocycles. The second kappa shape index (κ2) is 9.77. The topological polar surface area (TPSA) is 114 Å². The van der Waals surface area contributed by atoms with Gasteiger partial charge in [-0.3, -0.25) is 4.79 Å². The van der Waals surface area contributed by atoms with Gasteiger partial charge >= 0.3 is 0 Å². The van der Waals surface area contributed by atoms with Gasteiger partial charge in [-0.05, 0) is 55.6 Å². The summed E-state index contributed by atoms with van der Waals surface area (Å²) >= 11 is 1.57. The van der Waals surface area contributed by atoms with Crippen molar-refractivity contribution in [2.45, 2.75) is 30.6 Å². The van der Waals surface area contributed by atoms with E-state index in [0.29, 0.717) is 30.2 Å². The first kappa shape index (κ1) is 21.2. The van der Waals surface area contributed by atoms with E-state index in [4.69, 9.17) is 4.52 Å². The van der Waals surface area contributed by atoms with E-state index in [1.165, 1.54) is 31.3 Å². The fraction of sp³-hybridized carbons (Fsp3) is 0.316. The van der Waals surface area contributed by atoms with Gasteiger partial charge in [0.25, 0.3) is 5.91 Å². The van der Waals surface area contributed by atoms with Gasteiger partial charge in [0.1, 0.15) is 0 Å². The van der Waals surface area contributed by atoms with Crippen LogP contribution in [0.5, 0.6) is 0 Å². The number of hydrogen-bond donors (Lipinski definition) is 2. The standard InChI is InChI=1S/C19H22N4O4S2/c1-20-29(25,26)15-10-8-14(9-11-15)19(24)21-12-4-2-3-7-17-22-18(23-27-17)16-6-5-13-28-16/h5-6,8-11,13,20H,2-4,7,12H2,1H3,(H,21,24). The van der Waals surface area contributed by atoms with Crippen LogP contribution < -0.4 is 10.0 Å². The van der Waals surface area contributed by atoms with E-state index in [1.807, 2.05) is 17.5 Å². The maximum Gasteiger partial charge on any atom is 0.251 e. The molecule has 0 atom stereocenters. The molecule has 0 fully saturated rings. The lowest BCUT2D eigenvalue weighted by molar-refractivity contribution is 0.0953.